The molecular weight excluding hydrogens is 442 g/mol. The molecule has 0 spiro atoms. The van der Waals surface area contributed by atoms with Crippen LogP contribution in [0.2, 0.25) is 5.02 Å². The summed E-state index contributed by atoms with van der Waals surface area (Å²) in [5, 5.41) is 24.0. The third-order valence-electron chi connectivity index (χ3n) is 5.95. The zero-order chi connectivity index (χ0) is 21.7. The molecule has 0 amide bonds. The van der Waals surface area contributed by atoms with E-state index in [1.165, 1.54) is 10.4 Å². The Hall–Kier alpha value is -3.00. The van der Waals surface area contributed by atoms with Gasteiger partial charge in [-0.15, -0.1) is 21.5 Å². The van der Waals surface area contributed by atoms with Crippen LogP contribution in [0.4, 0.5) is 0 Å². The fraction of sp³-hybridized carbons (Fsp3) is 0.208. The lowest BCUT2D eigenvalue weighted by Gasteiger charge is -2.16. The van der Waals surface area contributed by atoms with Crippen molar-refractivity contribution in [2.24, 2.45) is 4.99 Å². The number of phenols is 1. The second-order valence-corrected chi connectivity index (χ2v) is 9.46. The van der Waals surface area contributed by atoms with E-state index in [0.717, 1.165) is 58.6 Å². The minimum atomic E-state index is 0.257. The van der Waals surface area contributed by atoms with Gasteiger partial charge in [-0.3, -0.25) is 9.56 Å². The minimum Gasteiger partial charge on any atom is -0.508 e. The molecule has 2 aromatic heterocycles. The number of hydrogen-bond acceptors (Lipinski definition) is 6. The topological polar surface area (TPSA) is 75.3 Å². The molecule has 6 nitrogen and oxygen atoms in total. The lowest BCUT2D eigenvalue weighted by Crippen LogP contribution is -2.23. The molecule has 0 saturated carbocycles. The Labute approximate surface area is 194 Å². The van der Waals surface area contributed by atoms with Crippen LogP contribution >= 0.6 is 22.9 Å². The van der Waals surface area contributed by atoms with Crippen molar-refractivity contribution in [3.63, 3.8) is 0 Å². The summed E-state index contributed by atoms with van der Waals surface area (Å²) >= 11 is 8.41. The van der Waals surface area contributed by atoms with Crippen LogP contribution in [0.3, 0.4) is 0 Å². The van der Waals surface area contributed by atoms with Gasteiger partial charge in [0.1, 0.15) is 23.1 Å². The van der Waals surface area contributed by atoms with Crippen molar-refractivity contribution in [3.05, 3.63) is 92.3 Å². The Morgan fingerprint density at radius 1 is 1.09 bits per heavy atom. The number of thiophene rings is 1. The highest BCUT2D eigenvalue weighted by atomic mass is 35.5. The summed E-state index contributed by atoms with van der Waals surface area (Å²) in [6.07, 6.45) is 1.57. The molecular formula is C24H20ClN5OS. The van der Waals surface area contributed by atoms with Crippen molar-refractivity contribution in [3.8, 4) is 10.8 Å². The highest BCUT2D eigenvalue weighted by molar-refractivity contribution is 7.15. The number of aromatic nitrogens is 3. The van der Waals surface area contributed by atoms with Crippen LogP contribution in [-0.2, 0) is 25.9 Å². The predicted molar refractivity (Wildman–Crippen MR) is 126 cm³/mol. The number of halogens is 1. The molecule has 4 aromatic rings. The predicted octanol–water partition coefficient (Wildman–Crippen LogP) is 4.28. The van der Waals surface area contributed by atoms with E-state index in [1.807, 2.05) is 36.4 Å². The Balaban J connectivity index is 1.54. The van der Waals surface area contributed by atoms with Crippen LogP contribution in [-0.4, -0.2) is 32.1 Å². The number of hydrogen-bond donors (Lipinski definition) is 2. The highest BCUT2D eigenvalue weighted by Gasteiger charge is 2.31. The third-order valence-corrected chi connectivity index (χ3v) is 7.50. The van der Waals surface area contributed by atoms with E-state index >= 15 is 0 Å². The Morgan fingerprint density at radius 3 is 2.78 bits per heavy atom. The standard InChI is InChI=1S/C24H20ClN5OS/c25-18-4-2-1-3-16(18)23-22-17-9-10-26-12-19(17)32-24(22)30-20(28-29-21(30)13-27-23)11-14-5-7-15(31)8-6-14/h1-8,26,31H,9-13H2. The van der Waals surface area contributed by atoms with Gasteiger partial charge in [-0.05, 0) is 42.3 Å². The first-order chi connectivity index (χ1) is 15.7. The van der Waals surface area contributed by atoms with Gasteiger partial charge in [0.05, 0.1) is 5.71 Å². The summed E-state index contributed by atoms with van der Waals surface area (Å²) < 4.78 is 2.18. The molecule has 32 heavy (non-hydrogen) atoms. The van der Waals surface area contributed by atoms with Gasteiger partial charge in [-0.25, -0.2) is 0 Å². The van der Waals surface area contributed by atoms with E-state index < -0.39 is 0 Å². The van der Waals surface area contributed by atoms with Gasteiger partial charge in [0.15, 0.2) is 5.82 Å². The normalized spacial score (nSPS) is 14.8. The molecule has 0 saturated heterocycles. The molecule has 4 heterocycles. The first-order valence-electron chi connectivity index (χ1n) is 10.6. The number of nitrogens with zero attached hydrogens (tertiary/aromatic N) is 4. The average Bonchev–Trinajstić information content (AvgIpc) is 3.33. The van der Waals surface area contributed by atoms with E-state index in [0.29, 0.717) is 18.0 Å². The molecule has 0 aliphatic carbocycles. The number of rotatable bonds is 3. The van der Waals surface area contributed by atoms with Gasteiger partial charge >= 0.3 is 0 Å². The molecule has 2 N–H and O–H groups in total. The number of phenolic OH excluding ortho intramolecular Hbond substituents is 1. The number of fused-ring (bicyclic) bond motifs is 5. The fourth-order valence-corrected chi connectivity index (χ4v) is 6.01. The van der Waals surface area contributed by atoms with Crippen LogP contribution in [0.1, 0.15) is 38.8 Å². The Morgan fingerprint density at radius 2 is 1.94 bits per heavy atom. The van der Waals surface area contributed by atoms with Crippen molar-refractivity contribution >= 4 is 28.6 Å². The van der Waals surface area contributed by atoms with Gasteiger partial charge in [0.25, 0.3) is 0 Å². The van der Waals surface area contributed by atoms with Gasteiger partial charge in [0, 0.05) is 34.0 Å². The van der Waals surface area contributed by atoms with Gasteiger partial charge < -0.3 is 10.4 Å². The molecule has 0 atom stereocenters. The van der Waals surface area contributed by atoms with E-state index in [4.69, 9.17) is 16.6 Å². The van der Waals surface area contributed by atoms with Crippen molar-refractivity contribution < 1.29 is 5.11 Å². The quantitative estimate of drug-likeness (QED) is 0.477. The van der Waals surface area contributed by atoms with E-state index in [1.54, 1.807) is 23.5 Å². The van der Waals surface area contributed by atoms with Crippen LogP contribution in [0.25, 0.3) is 5.00 Å². The number of nitrogens with one attached hydrogen (secondary N) is 1. The molecule has 6 rings (SSSR count). The fourth-order valence-electron chi connectivity index (χ4n) is 4.43. The summed E-state index contributed by atoms with van der Waals surface area (Å²) in [7, 11) is 0. The zero-order valence-electron chi connectivity index (χ0n) is 17.2. The maximum atomic E-state index is 9.63. The van der Waals surface area contributed by atoms with E-state index in [-0.39, 0.29) is 5.75 Å². The maximum Gasteiger partial charge on any atom is 0.160 e. The average molecular weight is 462 g/mol. The van der Waals surface area contributed by atoms with Gasteiger partial charge in [-0.1, -0.05) is 41.9 Å². The highest BCUT2D eigenvalue weighted by Crippen LogP contribution is 2.39. The molecule has 0 unspecified atom stereocenters. The number of aliphatic imine (C=N–C) groups is 1. The smallest absolute Gasteiger partial charge is 0.160 e. The lowest BCUT2D eigenvalue weighted by atomic mass is 9.96. The molecule has 160 valence electrons. The summed E-state index contributed by atoms with van der Waals surface area (Å²) in [6, 6.07) is 15.2. The first kappa shape index (κ1) is 19.7. The second-order valence-electron chi connectivity index (χ2n) is 7.97. The van der Waals surface area contributed by atoms with Crippen LogP contribution in [0.15, 0.2) is 53.5 Å². The van der Waals surface area contributed by atoms with Crippen LogP contribution in [0.5, 0.6) is 5.75 Å². The summed E-state index contributed by atoms with van der Waals surface area (Å²) in [6.45, 7) is 2.24. The molecule has 0 fully saturated rings. The number of aromatic hydroxyl groups is 1. The Bertz CT molecular complexity index is 1360. The molecule has 0 bridgehead atoms. The SMILES string of the molecule is Oc1ccc(Cc2nnc3n2-c2sc4c(c2C(c2ccccc2Cl)=NC3)CCNC4)cc1. The lowest BCUT2D eigenvalue weighted by molar-refractivity contribution is 0.475. The molecule has 2 aliphatic rings. The first-order valence-corrected chi connectivity index (χ1v) is 11.7. The molecule has 2 aromatic carbocycles. The van der Waals surface area contributed by atoms with Gasteiger partial charge in [0.2, 0.25) is 0 Å². The second kappa shape index (κ2) is 7.85. The Kier molecular flexibility index (Phi) is 4.82. The molecule has 0 radical (unpaired) electrons. The van der Waals surface area contributed by atoms with Crippen molar-refractivity contribution in [2.75, 3.05) is 6.54 Å². The maximum absolute atomic E-state index is 9.63. The van der Waals surface area contributed by atoms with Crippen molar-refractivity contribution in [1.29, 1.82) is 0 Å². The summed E-state index contributed by atoms with van der Waals surface area (Å²) in [5.74, 6) is 1.95. The minimum absolute atomic E-state index is 0.257. The van der Waals surface area contributed by atoms with Crippen LogP contribution < -0.4 is 5.32 Å². The summed E-state index contributed by atoms with van der Waals surface area (Å²) in [5.41, 5.74) is 5.46. The molecule has 8 heteroatoms. The monoisotopic (exact) mass is 461 g/mol. The van der Waals surface area contributed by atoms with E-state index in [9.17, 15) is 5.11 Å². The number of benzene rings is 2. The van der Waals surface area contributed by atoms with Crippen molar-refractivity contribution in [2.45, 2.75) is 25.9 Å². The van der Waals surface area contributed by atoms with Gasteiger partial charge in [-0.2, -0.15) is 0 Å². The third kappa shape index (κ3) is 3.24. The summed E-state index contributed by atoms with van der Waals surface area (Å²) in [4.78, 5) is 6.34. The largest absolute Gasteiger partial charge is 0.508 e. The zero-order valence-corrected chi connectivity index (χ0v) is 18.7. The van der Waals surface area contributed by atoms with Crippen LogP contribution in [0, 0.1) is 0 Å². The van der Waals surface area contributed by atoms with Crippen molar-refractivity contribution in [1.82, 2.24) is 20.1 Å². The molecule has 2 aliphatic heterocycles. The van der Waals surface area contributed by atoms with E-state index in [2.05, 4.69) is 20.1 Å².